The summed E-state index contributed by atoms with van der Waals surface area (Å²) in [6, 6.07) is 21.3. The van der Waals surface area contributed by atoms with Crippen molar-refractivity contribution < 1.29 is 4.39 Å². The van der Waals surface area contributed by atoms with E-state index in [0.29, 0.717) is 36.7 Å². The Morgan fingerprint density at radius 2 is 1.75 bits per heavy atom. The van der Waals surface area contributed by atoms with Crippen LogP contribution < -0.4 is 5.56 Å². The molecule has 2 aromatic heterocycles. The van der Waals surface area contributed by atoms with Crippen LogP contribution in [0.5, 0.6) is 0 Å². The van der Waals surface area contributed by atoms with Crippen LogP contribution in [0.2, 0.25) is 0 Å². The molecule has 0 atom stereocenters. The van der Waals surface area contributed by atoms with Gasteiger partial charge < -0.3 is 4.57 Å². The fourth-order valence-corrected chi connectivity index (χ4v) is 3.09. The summed E-state index contributed by atoms with van der Waals surface area (Å²) in [6.07, 6.45) is 2.83. The third-order valence-corrected chi connectivity index (χ3v) is 4.45. The highest BCUT2D eigenvalue weighted by Gasteiger charge is 2.13. The standard InChI is InChI=1S/C22H19FN4O/c23-18-9-6-10-19(16-18)27-21(12-14-26-13-5-4-11-22(26)28)24-20(25-27)15-17-7-2-1-3-8-17/h1-11,13,16H,12,14-15H2. The zero-order chi connectivity index (χ0) is 19.3. The Morgan fingerprint density at radius 1 is 0.929 bits per heavy atom. The number of nitrogens with zero attached hydrogens (tertiary/aromatic N) is 4. The fraction of sp³-hybridized carbons (Fsp3) is 0.136. The average Bonchev–Trinajstić information content (AvgIpc) is 3.11. The molecule has 0 amide bonds. The fourth-order valence-electron chi connectivity index (χ4n) is 3.09. The highest BCUT2D eigenvalue weighted by atomic mass is 19.1. The van der Waals surface area contributed by atoms with Crippen LogP contribution >= 0.6 is 0 Å². The van der Waals surface area contributed by atoms with Crippen molar-refractivity contribution in [1.82, 2.24) is 19.3 Å². The SMILES string of the molecule is O=c1ccccn1CCc1nc(Cc2ccccc2)nn1-c1cccc(F)c1. The first-order valence-electron chi connectivity index (χ1n) is 9.09. The molecular formula is C22H19FN4O. The van der Waals surface area contributed by atoms with Crippen molar-refractivity contribution in [3.63, 3.8) is 0 Å². The van der Waals surface area contributed by atoms with Crippen LogP contribution in [0, 0.1) is 5.82 Å². The van der Waals surface area contributed by atoms with Crippen LogP contribution in [0.3, 0.4) is 0 Å². The van der Waals surface area contributed by atoms with Crippen LogP contribution in [-0.4, -0.2) is 19.3 Å². The summed E-state index contributed by atoms with van der Waals surface area (Å²) in [6.45, 7) is 0.471. The molecule has 0 unspecified atom stereocenters. The lowest BCUT2D eigenvalue weighted by molar-refractivity contribution is 0.618. The molecule has 4 rings (SSSR count). The van der Waals surface area contributed by atoms with Crippen LogP contribution in [0.1, 0.15) is 17.2 Å². The van der Waals surface area contributed by atoms with Gasteiger partial charge in [-0.25, -0.2) is 14.1 Å². The molecule has 0 aliphatic carbocycles. The second kappa shape index (κ2) is 8.00. The summed E-state index contributed by atoms with van der Waals surface area (Å²) < 4.78 is 17.0. The van der Waals surface area contributed by atoms with Gasteiger partial charge in [0.15, 0.2) is 5.82 Å². The predicted octanol–water partition coefficient (Wildman–Crippen LogP) is 3.40. The summed E-state index contributed by atoms with van der Waals surface area (Å²) in [5.41, 5.74) is 1.65. The molecule has 0 spiro atoms. The zero-order valence-corrected chi connectivity index (χ0v) is 15.2. The molecule has 0 fully saturated rings. The Hall–Kier alpha value is -3.54. The Kier molecular flexibility index (Phi) is 5.10. The van der Waals surface area contributed by atoms with Crippen LogP contribution in [0.4, 0.5) is 4.39 Å². The summed E-state index contributed by atoms with van der Waals surface area (Å²) in [5.74, 6) is 1.01. The summed E-state index contributed by atoms with van der Waals surface area (Å²) >= 11 is 0. The van der Waals surface area contributed by atoms with E-state index in [-0.39, 0.29) is 11.4 Å². The van der Waals surface area contributed by atoms with Gasteiger partial charge in [0.05, 0.1) is 5.69 Å². The van der Waals surface area contributed by atoms with Gasteiger partial charge in [0.1, 0.15) is 11.6 Å². The number of halogens is 1. The van der Waals surface area contributed by atoms with Crippen LogP contribution in [0.15, 0.2) is 83.8 Å². The molecule has 2 aromatic carbocycles. The first kappa shape index (κ1) is 17.9. The van der Waals surface area contributed by atoms with Gasteiger partial charge in [0.2, 0.25) is 0 Å². The largest absolute Gasteiger partial charge is 0.315 e. The second-order valence-electron chi connectivity index (χ2n) is 6.48. The number of pyridine rings is 1. The summed E-state index contributed by atoms with van der Waals surface area (Å²) in [4.78, 5) is 16.6. The molecule has 0 aliphatic heterocycles. The normalized spacial score (nSPS) is 10.9. The van der Waals surface area contributed by atoms with Gasteiger partial charge in [0, 0.05) is 31.6 Å². The van der Waals surface area contributed by atoms with E-state index in [1.807, 2.05) is 36.4 Å². The minimum atomic E-state index is -0.331. The Labute approximate surface area is 161 Å². The van der Waals surface area contributed by atoms with E-state index in [2.05, 4.69) is 10.1 Å². The van der Waals surface area contributed by atoms with Gasteiger partial charge in [-0.2, -0.15) is 5.10 Å². The van der Waals surface area contributed by atoms with Crippen molar-refractivity contribution in [2.24, 2.45) is 0 Å². The van der Waals surface area contributed by atoms with Gasteiger partial charge >= 0.3 is 0 Å². The van der Waals surface area contributed by atoms with Crippen LogP contribution in [-0.2, 0) is 19.4 Å². The van der Waals surface area contributed by atoms with Crippen molar-refractivity contribution in [2.45, 2.75) is 19.4 Å². The summed E-state index contributed by atoms with van der Waals surface area (Å²) in [5, 5.41) is 4.60. The van der Waals surface area contributed by atoms with E-state index in [9.17, 15) is 9.18 Å². The highest BCUT2D eigenvalue weighted by Crippen LogP contribution is 2.14. The summed E-state index contributed by atoms with van der Waals surface area (Å²) in [7, 11) is 0. The molecule has 0 aliphatic rings. The topological polar surface area (TPSA) is 52.7 Å². The highest BCUT2D eigenvalue weighted by molar-refractivity contribution is 5.32. The van der Waals surface area contributed by atoms with Crippen LogP contribution in [0.25, 0.3) is 5.69 Å². The zero-order valence-electron chi connectivity index (χ0n) is 15.2. The number of hydrogen-bond acceptors (Lipinski definition) is 3. The molecule has 0 saturated carbocycles. The van der Waals surface area contributed by atoms with E-state index in [1.54, 1.807) is 33.6 Å². The maximum Gasteiger partial charge on any atom is 0.250 e. The van der Waals surface area contributed by atoms with Gasteiger partial charge in [-0.3, -0.25) is 4.79 Å². The number of aryl methyl sites for hydroxylation is 2. The number of benzene rings is 2. The molecule has 28 heavy (non-hydrogen) atoms. The molecular weight excluding hydrogens is 355 g/mol. The average molecular weight is 374 g/mol. The molecule has 5 nitrogen and oxygen atoms in total. The molecule has 2 heterocycles. The molecule has 0 bridgehead atoms. The Balaban J connectivity index is 1.66. The van der Waals surface area contributed by atoms with Gasteiger partial charge in [0.25, 0.3) is 5.56 Å². The van der Waals surface area contributed by atoms with E-state index < -0.39 is 0 Å². The van der Waals surface area contributed by atoms with E-state index in [1.165, 1.54) is 18.2 Å². The molecule has 0 saturated heterocycles. The molecule has 6 heteroatoms. The molecule has 140 valence electrons. The number of aromatic nitrogens is 4. The van der Waals surface area contributed by atoms with Crippen molar-refractivity contribution >= 4 is 0 Å². The quantitative estimate of drug-likeness (QED) is 0.520. The minimum Gasteiger partial charge on any atom is -0.315 e. The second-order valence-corrected chi connectivity index (χ2v) is 6.48. The van der Waals surface area contributed by atoms with Gasteiger partial charge in [-0.1, -0.05) is 42.5 Å². The number of hydrogen-bond donors (Lipinski definition) is 0. The molecule has 0 N–H and O–H groups in total. The molecule has 0 radical (unpaired) electrons. The first-order chi connectivity index (χ1) is 13.7. The van der Waals surface area contributed by atoms with Gasteiger partial charge in [-0.15, -0.1) is 0 Å². The Morgan fingerprint density at radius 3 is 2.54 bits per heavy atom. The van der Waals surface area contributed by atoms with E-state index in [4.69, 9.17) is 0 Å². The lowest BCUT2D eigenvalue weighted by atomic mass is 10.1. The van der Waals surface area contributed by atoms with Crippen molar-refractivity contribution in [3.05, 3.63) is 112 Å². The maximum absolute atomic E-state index is 13.7. The third kappa shape index (κ3) is 4.06. The lowest BCUT2D eigenvalue weighted by Crippen LogP contribution is -2.19. The monoisotopic (exact) mass is 374 g/mol. The first-order valence-corrected chi connectivity index (χ1v) is 9.09. The van der Waals surface area contributed by atoms with E-state index in [0.717, 1.165) is 5.56 Å². The minimum absolute atomic E-state index is 0.0659. The van der Waals surface area contributed by atoms with Crippen molar-refractivity contribution in [1.29, 1.82) is 0 Å². The predicted molar refractivity (Wildman–Crippen MR) is 105 cm³/mol. The lowest BCUT2D eigenvalue weighted by Gasteiger charge is -2.07. The third-order valence-electron chi connectivity index (χ3n) is 4.45. The maximum atomic E-state index is 13.7. The number of rotatable bonds is 6. The smallest absolute Gasteiger partial charge is 0.250 e. The van der Waals surface area contributed by atoms with E-state index >= 15 is 0 Å². The van der Waals surface area contributed by atoms with Crippen molar-refractivity contribution in [3.8, 4) is 5.69 Å². The Bertz CT molecular complexity index is 1130. The molecule has 4 aromatic rings. The van der Waals surface area contributed by atoms with Gasteiger partial charge in [-0.05, 0) is 29.8 Å². The van der Waals surface area contributed by atoms with Crippen molar-refractivity contribution in [2.75, 3.05) is 0 Å².